The van der Waals surface area contributed by atoms with Gasteiger partial charge in [-0.15, -0.1) is 11.3 Å². The highest BCUT2D eigenvalue weighted by Gasteiger charge is 2.39. The van der Waals surface area contributed by atoms with Gasteiger partial charge in [0.25, 0.3) is 5.91 Å². The summed E-state index contributed by atoms with van der Waals surface area (Å²) < 4.78 is 41.6. The number of hydrogen-bond acceptors (Lipinski definition) is 5. The van der Waals surface area contributed by atoms with Gasteiger partial charge in [0.15, 0.2) is 5.69 Å². The molecule has 1 fully saturated rings. The van der Waals surface area contributed by atoms with Crippen LogP contribution in [0.3, 0.4) is 0 Å². The van der Waals surface area contributed by atoms with E-state index in [9.17, 15) is 22.8 Å². The van der Waals surface area contributed by atoms with Gasteiger partial charge >= 0.3 is 6.18 Å². The Morgan fingerprint density at radius 2 is 1.76 bits per heavy atom. The number of hydrogen-bond donors (Lipinski definition) is 3. The van der Waals surface area contributed by atoms with Crippen molar-refractivity contribution in [2.24, 2.45) is 5.92 Å². The lowest BCUT2D eigenvalue weighted by Crippen LogP contribution is -2.48. The maximum absolute atomic E-state index is 13.5. The molecule has 2 aromatic rings. The number of amides is 2. The van der Waals surface area contributed by atoms with Crippen LogP contribution in [0, 0.1) is 5.92 Å². The van der Waals surface area contributed by atoms with Crippen LogP contribution in [-0.4, -0.2) is 41.2 Å². The van der Waals surface area contributed by atoms with Crippen LogP contribution in [0.4, 0.5) is 18.2 Å². The number of aromatic nitrogens is 2. The zero-order chi connectivity index (χ0) is 23.9. The van der Waals surface area contributed by atoms with Crippen molar-refractivity contribution in [2.75, 3.05) is 25.0 Å². The van der Waals surface area contributed by atoms with Crippen molar-refractivity contribution < 1.29 is 22.8 Å². The fraction of sp³-hybridized carbons (Fsp3) is 0.609. The molecule has 3 aliphatic rings. The Hall–Kier alpha value is -2.40. The van der Waals surface area contributed by atoms with Gasteiger partial charge in [-0.3, -0.25) is 14.3 Å². The van der Waals surface area contributed by atoms with Crippen LogP contribution in [0.15, 0.2) is 0 Å². The Morgan fingerprint density at radius 1 is 1.06 bits per heavy atom. The Morgan fingerprint density at radius 3 is 2.47 bits per heavy atom. The Kier molecular flexibility index (Phi) is 6.41. The topological polar surface area (TPSA) is 88.0 Å². The van der Waals surface area contributed by atoms with E-state index < -0.39 is 17.8 Å². The molecule has 0 bridgehead atoms. The third-order valence-corrected chi connectivity index (χ3v) is 8.09. The number of nitrogens with one attached hydrogen (secondary N) is 3. The Balaban J connectivity index is 1.36. The molecule has 34 heavy (non-hydrogen) atoms. The number of nitrogens with zero attached hydrogens (tertiary/aromatic N) is 2. The second kappa shape index (κ2) is 9.33. The van der Waals surface area contributed by atoms with Crippen molar-refractivity contribution >= 4 is 28.2 Å². The Bertz CT molecular complexity index is 1100. The van der Waals surface area contributed by atoms with Gasteiger partial charge in [-0.2, -0.15) is 18.3 Å². The smallest absolute Gasteiger partial charge is 0.352 e. The fourth-order valence-electron chi connectivity index (χ4n) is 5.04. The summed E-state index contributed by atoms with van der Waals surface area (Å²) in [6, 6.07) is 0. The van der Waals surface area contributed by atoms with Crippen molar-refractivity contribution in [2.45, 2.75) is 64.1 Å². The number of carbonyl (C=O) groups is 2. The zero-order valence-electron chi connectivity index (χ0n) is 18.8. The number of carbonyl (C=O) groups excluding carboxylic acids is 2. The summed E-state index contributed by atoms with van der Waals surface area (Å²) in [5, 5.41) is 13.3. The first-order valence-electron chi connectivity index (χ1n) is 11.9. The van der Waals surface area contributed by atoms with E-state index in [1.165, 1.54) is 16.0 Å². The fourth-order valence-corrected chi connectivity index (χ4v) is 6.35. The minimum absolute atomic E-state index is 0.197. The lowest BCUT2D eigenvalue weighted by molar-refractivity contribution is -0.142. The van der Waals surface area contributed by atoms with Crippen molar-refractivity contribution in [3.63, 3.8) is 0 Å². The van der Waals surface area contributed by atoms with Gasteiger partial charge in [0.2, 0.25) is 5.91 Å². The first-order chi connectivity index (χ1) is 16.3. The molecule has 0 radical (unpaired) electrons. The number of thiophene rings is 1. The number of anilines is 1. The maximum Gasteiger partial charge on any atom is 0.435 e. The molecule has 2 amide bonds. The third-order valence-electron chi connectivity index (χ3n) is 6.89. The van der Waals surface area contributed by atoms with E-state index in [4.69, 9.17) is 0 Å². The average molecular weight is 496 g/mol. The lowest BCUT2D eigenvalue weighted by Gasteiger charge is -2.27. The minimum Gasteiger partial charge on any atom is -0.352 e. The first kappa shape index (κ1) is 23.3. The quantitative estimate of drug-likeness (QED) is 0.574. The van der Waals surface area contributed by atoms with Gasteiger partial charge in [-0.05, 0) is 56.9 Å². The molecule has 0 aromatic carbocycles. The van der Waals surface area contributed by atoms with Crippen LogP contribution >= 0.6 is 11.3 Å². The summed E-state index contributed by atoms with van der Waals surface area (Å²) in [5.74, 6) is -0.261. The number of alkyl halides is 3. The summed E-state index contributed by atoms with van der Waals surface area (Å²) >= 11 is 1.41. The van der Waals surface area contributed by atoms with Gasteiger partial charge in [0.1, 0.15) is 11.5 Å². The van der Waals surface area contributed by atoms with E-state index in [1.807, 2.05) is 0 Å². The largest absolute Gasteiger partial charge is 0.435 e. The molecule has 2 aromatic heterocycles. The van der Waals surface area contributed by atoms with Crippen LogP contribution in [-0.2, 0) is 43.2 Å². The van der Waals surface area contributed by atoms with Crippen molar-refractivity contribution in [3.05, 3.63) is 33.0 Å². The van der Waals surface area contributed by atoms with Crippen LogP contribution in [0.2, 0.25) is 0 Å². The van der Waals surface area contributed by atoms with Crippen molar-refractivity contribution in [1.82, 2.24) is 20.4 Å². The predicted octanol–water partition coefficient (Wildman–Crippen LogP) is 3.31. The molecule has 0 saturated carbocycles. The molecule has 11 heteroatoms. The average Bonchev–Trinajstić information content (AvgIpc) is 3.30. The molecule has 0 spiro atoms. The van der Waals surface area contributed by atoms with Crippen LogP contribution in [0.1, 0.15) is 63.4 Å². The summed E-state index contributed by atoms with van der Waals surface area (Å²) in [6.07, 6.45) is 1.39. The molecule has 2 aliphatic carbocycles. The second-order valence-electron chi connectivity index (χ2n) is 9.33. The summed E-state index contributed by atoms with van der Waals surface area (Å²) in [7, 11) is 0. The molecule has 0 atom stereocenters. The summed E-state index contributed by atoms with van der Waals surface area (Å²) in [4.78, 5) is 27.1. The number of rotatable bonds is 6. The molecule has 184 valence electrons. The normalized spacial score (nSPS) is 18.1. The SMILES string of the molecule is O=C(Cn1nc(C(F)(F)F)c2c1CCCC2)Nc1sc2c(c1C(=O)NCC1CNC1)CCCC2. The minimum atomic E-state index is -4.54. The molecule has 0 unspecified atom stereocenters. The van der Waals surface area contributed by atoms with Gasteiger partial charge in [0.05, 0.1) is 5.56 Å². The van der Waals surface area contributed by atoms with E-state index >= 15 is 0 Å². The van der Waals surface area contributed by atoms with E-state index in [-0.39, 0.29) is 18.0 Å². The molecule has 3 heterocycles. The van der Waals surface area contributed by atoms with Gasteiger partial charge < -0.3 is 16.0 Å². The monoisotopic (exact) mass is 495 g/mol. The summed E-state index contributed by atoms with van der Waals surface area (Å²) in [6.45, 7) is 2.01. The second-order valence-corrected chi connectivity index (χ2v) is 10.4. The predicted molar refractivity (Wildman–Crippen MR) is 122 cm³/mol. The number of fused-ring (bicyclic) bond motifs is 2. The van der Waals surface area contributed by atoms with Crippen LogP contribution in [0.5, 0.6) is 0 Å². The Labute approximate surface area is 199 Å². The van der Waals surface area contributed by atoms with E-state index in [2.05, 4.69) is 21.0 Å². The van der Waals surface area contributed by atoms with Crippen molar-refractivity contribution in [3.8, 4) is 0 Å². The van der Waals surface area contributed by atoms with E-state index in [0.717, 1.165) is 55.6 Å². The highest BCUT2D eigenvalue weighted by Crippen LogP contribution is 2.39. The highest BCUT2D eigenvalue weighted by molar-refractivity contribution is 7.17. The first-order valence-corrected chi connectivity index (χ1v) is 12.7. The van der Waals surface area contributed by atoms with Crippen LogP contribution in [0.25, 0.3) is 0 Å². The number of aryl methyl sites for hydroxylation is 1. The third kappa shape index (κ3) is 4.59. The summed E-state index contributed by atoms with van der Waals surface area (Å²) in [5.41, 5.74) is 1.33. The molecular weight excluding hydrogens is 467 g/mol. The lowest BCUT2D eigenvalue weighted by atomic mass is 9.95. The van der Waals surface area contributed by atoms with Gasteiger partial charge in [-0.25, -0.2) is 0 Å². The van der Waals surface area contributed by atoms with Gasteiger partial charge in [0, 0.05) is 41.7 Å². The van der Waals surface area contributed by atoms with E-state index in [0.29, 0.717) is 48.0 Å². The molecule has 7 nitrogen and oxygen atoms in total. The van der Waals surface area contributed by atoms with Crippen LogP contribution < -0.4 is 16.0 Å². The van der Waals surface area contributed by atoms with Crippen molar-refractivity contribution in [1.29, 1.82) is 0 Å². The number of halogens is 3. The standard InChI is InChI=1S/C23H28F3N5O2S/c24-23(25,26)20-14-5-1-3-7-16(14)31(30-20)12-18(32)29-22-19(15-6-2-4-8-17(15)34-22)21(33)28-11-13-9-27-10-13/h13,27H,1-12H2,(H,28,33)(H,29,32). The molecule has 5 rings (SSSR count). The highest BCUT2D eigenvalue weighted by atomic mass is 32.1. The van der Waals surface area contributed by atoms with Gasteiger partial charge in [-0.1, -0.05) is 0 Å². The maximum atomic E-state index is 13.5. The zero-order valence-corrected chi connectivity index (χ0v) is 19.6. The molecular formula is C23H28F3N5O2S. The molecule has 1 saturated heterocycles. The van der Waals surface area contributed by atoms with E-state index in [1.54, 1.807) is 0 Å². The molecule has 3 N–H and O–H groups in total. The molecule has 1 aliphatic heterocycles.